The molecule has 2 atom stereocenters. The monoisotopic (exact) mass is 602 g/mol. The molecule has 1 aromatic carbocycles. The van der Waals surface area contributed by atoms with Crippen LogP contribution >= 0.6 is 0 Å². The molecule has 1 N–H and O–H groups in total. The fourth-order valence-corrected chi connectivity index (χ4v) is 5.55. The van der Waals surface area contributed by atoms with Gasteiger partial charge in [-0.3, -0.25) is 38.8 Å². The Bertz CT molecular complexity index is 1060. The Kier molecular flexibility index (Phi) is 11.9. The SMILES string of the molecule is CC(O)C(CCCN1C(=O)c2ccccc2C1=O)N1CCN(CC(=O)OC(C)(C)C)CCN(CC(=O)OC(C)(C)C)CC1. The van der Waals surface area contributed by atoms with Gasteiger partial charge in [0.1, 0.15) is 11.2 Å². The van der Waals surface area contributed by atoms with Crippen LogP contribution in [0.25, 0.3) is 0 Å². The second-order valence-corrected chi connectivity index (χ2v) is 13.5. The molecule has 1 saturated heterocycles. The Morgan fingerprint density at radius 3 is 1.60 bits per heavy atom. The molecule has 2 heterocycles. The number of hydrogen-bond donors (Lipinski definition) is 1. The number of fused-ring (bicyclic) bond motifs is 1. The zero-order chi connectivity index (χ0) is 31.9. The van der Waals surface area contributed by atoms with Gasteiger partial charge >= 0.3 is 11.9 Å². The van der Waals surface area contributed by atoms with E-state index in [1.807, 2.05) is 51.3 Å². The molecule has 2 aliphatic heterocycles. The fraction of sp³-hybridized carbons (Fsp3) is 0.688. The summed E-state index contributed by atoms with van der Waals surface area (Å²) in [6, 6.07) is 6.59. The van der Waals surface area contributed by atoms with Crippen LogP contribution in [-0.4, -0.2) is 131 Å². The van der Waals surface area contributed by atoms with E-state index in [1.54, 1.807) is 31.2 Å². The first-order valence-electron chi connectivity index (χ1n) is 15.3. The van der Waals surface area contributed by atoms with Crippen molar-refractivity contribution in [1.29, 1.82) is 0 Å². The number of carbonyl (C=O) groups is 4. The lowest BCUT2D eigenvalue weighted by molar-refractivity contribution is -0.158. The van der Waals surface area contributed by atoms with Crippen molar-refractivity contribution in [3.05, 3.63) is 35.4 Å². The maximum Gasteiger partial charge on any atom is 0.320 e. The summed E-state index contributed by atoms with van der Waals surface area (Å²) in [7, 11) is 0. The predicted octanol–water partition coefficient (Wildman–Crippen LogP) is 2.42. The van der Waals surface area contributed by atoms with Crippen molar-refractivity contribution in [2.45, 2.75) is 84.7 Å². The van der Waals surface area contributed by atoms with Gasteiger partial charge in [-0.2, -0.15) is 0 Å². The minimum atomic E-state index is -0.679. The molecular weight excluding hydrogens is 552 g/mol. The summed E-state index contributed by atoms with van der Waals surface area (Å²) in [5, 5.41) is 10.8. The second kappa shape index (κ2) is 14.7. The number of aliphatic hydroxyl groups excluding tert-OH is 1. The van der Waals surface area contributed by atoms with E-state index in [-0.39, 0.29) is 49.4 Å². The van der Waals surface area contributed by atoms with Crippen LogP contribution in [0, 0.1) is 0 Å². The highest BCUT2D eigenvalue weighted by Gasteiger charge is 2.35. The summed E-state index contributed by atoms with van der Waals surface area (Å²) in [5.74, 6) is -1.20. The molecule has 1 fully saturated rings. The summed E-state index contributed by atoms with van der Waals surface area (Å²) >= 11 is 0. The number of rotatable bonds is 10. The number of hydrogen-bond acceptors (Lipinski definition) is 10. The third kappa shape index (κ3) is 10.7. The minimum absolute atomic E-state index is 0.116. The molecule has 43 heavy (non-hydrogen) atoms. The molecule has 0 aliphatic carbocycles. The Labute approximate surface area is 256 Å². The van der Waals surface area contributed by atoms with Crippen LogP contribution < -0.4 is 0 Å². The smallest absolute Gasteiger partial charge is 0.320 e. The molecule has 0 saturated carbocycles. The number of ether oxygens (including phenoxy) is 2. The summed E-state index contributed by atoms with van der Waals surface area (Å²) in [4.78, 5) is 58.5. The lowest BCUT2D eigenvalue weighted by Crippen LogP contribution is -2.48. The normalized spacial score (nSPS) is 19.3. The zero-order valence-corrected chi connectivity index (χ0v) is 26.9. The van der Waals surface area contributed by atoms with E-state index >= 15 is 0 Å². The first kappa shape index (κ1) is 34.6. The van der Waals surface area contributed by atoms with Crippen molar-refractivity contribution in [2.24, 2.45) is 0 Å². The van der Waals surface area contributed by atoms with E-state index in [1.165, 1.54) is 4.90 Å². The first-order chi connectivity index (χ1) is 20.0. The maximum absolute atomic E-state index is 12.8. The highest BCUT2D eigenvalue weighted by atomic mass is 16.6. The Morgan fingerprint density at radius 2 is 1.21 bits per heavy atom. The Balaban J connectivity index is 1.70. The first-order valence-corrected chi connectivity index (χ1v) is 15.3. The van der Waals surface area contributed by atoms with Crippen LogP contribution in [0.1, 0.15) is 82.0 Å². The highest BCUT2D eigenvalue weighted by molar-refractivity contribution is 6.21. The lowest BCUT2D eigenvalue weighted by Gasteiger charge is -2.35. The number of nitrogens with zero attached hydrogens (tertiary/aromatic N) is 4. The molecule has 3 rings (SSSR count). The summed E-state index contributed by atoms with van der Waals surface area (Å²) in [6.07, 6.45) is 0.408. The number of amides is 2. The number of esters is 2. The minimum Gasteiger partial charge on any atom is -0.459 e. The van der Waals surface area contributed by atoms with E-state index in [0.717, 1.165) is 0 Å². The maximum atomic E-state index is 12.8. The quantitative estimate of drug-likeness (QED) is 0.316. The second-order valence-electron chi connectivity index (χ2n) is 13.5. The van der Waals surface area contributed by atoms with Gasteiger partial charge < -0.3 is 14.6 Å². The van der Waals surface area contributed by atoms with E-state index in [4.69, 9.17) is 9.47 Å². The lowest BCUT2D eigenvalue weighted by atomic mass is 10.0. The summed E-state index contributed by atoms with van der Waals surface area (Å²) in [6.45, 7) is 16.7. The predicted molar refractivity (Wildman–Crippen MR) is 163 cm³/mol. The van der Waals surface area contributed by atoms with Gasteiger partial charge in [0.25, 0.3) is 11.8 Å². The number of imide groups is 1. The molecule has 2 amide bonds. The third-order valence-corrected chi connectivity index (χ3v) is 7.47. The van der Waals surface area contributed by atoms with Crippen LogP contribution in [0.15, 0.2) is 24.3 Å². The van der Waals surface area contributed by atoms with Gasteiger partial charge in [0.2, 0.25) is 0 Å². The number of benzene rings is 1. The van der Waals surface area contributed by atoms with Crippen molar-refractivity contribution in [2.75, 3.05) is 58.9 Å². The molecule has 2 unspecified atom stereocenters. The summed E-state index contributed by atoms with van der Waals surface area (Å²) in [5.41, 5.74) is -0.338. The van der Waals surface area contributed by atoms with Crippen LogP contribution in [0.4, 0.5) is 0 Å². The molecule has 0 radical (unpaired) electrons. The Morgan fingerprint density at radius 1 is 0.791 bits per heavy atom. The van der Waals surface area contributed by atoms with Crippen LogP contribution in [-0.2, 0) is 19.1 Å². The van der Waals surface area contributed by atoms with Gasteiger partial charge in [-0.15, -0.1) is 0 Å². The molecule has 0 spiro atoms. The van der Waals surface area contributed by atoms with E-state index < -0.39 is 17.3 Å². The molecule has 11 nitrogen and oxygen atoms in total. The molecule has 0 bridgehead atoms. The van der Waals surface area contributed by atoms with Gasteiger partial charge in [-0.05, 0) is 73.4 Å². The molecular formula is C32H50N4O7. The van der Waals surface area contributed by atoms with Gasteiger partial charge in [0.05, 0.1) is 30.3 Å². The van der Waals surface area contributed by atoms with Crippen molar-refractivity contribution in [1.82, 2.24) is 19.6 Å². The van der Waals surface area contributed by atoms with Crippen molar-refractivity contribution >= 4 is 23.8 Å². The standard InChI is InChI=1S/C32H50N4O7/c1-23(37)26(13-10-14-36-29(40)24-11-8-9-12-25(24)30(36)41)35-19-17-33(21-27(38)42-31(2,3)4)15-16-34(18-20-35)22-28(39)43-32(5,6)7/h8-9,11-12,23,26,37H,10,13-22H2,1-7H3. The van der Waals surface area contributed by atoms with E-state index in [0.29, 0.717) is 63.2 Å². The van der Waals surface area contributed by atoms with E-state index in [2.05, 4.69) is 4.90 Å². The number of aliphatic hydroxyl groups is 1. The van der Waals surface area contributed by atoms with Crippen molar-refractivity contribution in [3.63, 3.8) is 0 Å². The van der Waals surface area contributed by atoms with Crippen LogP contribution in [0.5, 0.6) is 0 Å². The van der Waals surface area contributed by atoms with E-state index in [9.17, 15) is 24.3 Å². The van der Waals surface area contributed by atoms with Gasteiger partial charge in [0.15, 0.2) is 0 Å². The van der Waals surface area contributed by atoms with Crippen molar-refractivity contribution < 1.29 is 33.8 Å². The van der Waals surface area contributed by atoms with Crippen LogP contribution in [0.2, 0.25) is 0 Å². The molecule has 240 valence electrons. The topological polar surface area (TPSA) is 120 Å². The number of carbonyl (C=O) groups excluding carboxylic acids is 4. The average Bonchev–Trinajstić information content (AvgIpc) is 3.16. The highest BCUT2D eigenvalue weighted by Crippen LogP contribution is 2.23. The molecule has 1 aromatic rings. The van der Waals surface area contributed by atoms with Crippen molar-refractivity contribution in [3.8, 4) is 0 Å². The summed E-state index contributed by atoms with van der Waals surface area (Å²) < 4.78 is 11.1. The molecule has 11 heteroatoms. The zero-order valence-electron chi connectivity index (χ0n) is 26.9. The van der Waals surface area contributed by atoms with Gasteiger partial charge in [0, 0.05) is 51.9 Å². The molecule has 0 aromatic heterocycles. The fourth-order valence-electron chi connectivity index (χ4n) is 5.55. The van der Waals surface area contributed by atoms with Gasteiger partial charge in [-0.25, -0.2) is 0 Å². The van der Waals surface area contributed by atoms with Crippen LogP contribution in [0.3, 0.4) is 0 Å². The third-order valence-electron chi connectivity index (χ3n) is 7.47. The Hall–Kier alpha value is -2.86. The largest absolute Gasteiger partial charge is 0.459 e. The van der Waals surface area contributed by atoms with Gasteiger partial charge in [-0.1, -0.05) is 12.1 Å². The molecule has 2 aliphatic rings. The average molecular weight is 603 g/mol.